The summed E-state index contributed by atoms with van der Waals surface area (Å²) in [6.07, 6.45) is 1.47. The molecule has 0 aliphatic carbocycles. The molecule has 0 fully saturated rings. The van der Waals surface area contributed by atoms with E-state index in [1.807, 2.05) is 48.5 Å². The highest BCUT2D eigenvalue weighted by Gasteiger charge is 1.99. The van der Waals surface area contributed by atoms with E-state index in [9.17, 15) is 9.59 Å². The normalized spacial score (nSPS) is 9.85. The maximum atomic E-state index is 10.9. The molecule has 2 aromatic rings. The fourth-order valence-corrected chi connectivity index (χ4v) is 1.93. The van der Waals surface area contributed by atoms with Crippen LogP contribution < -0.4 is 10.6 Å². The van der Waals surface area contributed by atoms with Gasteiger partial charge >= 0.3 is 0 Å². The van der Waals surface area contributed by atoms with Gasteiger partial charge in [-0.15, -0.1) is 0 Å². The predicted molar refractivity (Wildman–Crippen MR) is 79.7 cm³/mol. The van der Waals surface area contributed by atoms with Crippen LogP contribution in [-0.4, -0.2) is 12.3 Å². The molecule has 0 atom stereocenters. The van der Waals surface area contributed by atoms with E-state index in [1.165, 1.54) is 6.92 Å². The number of carbonyl (C=O) groups excluding carboxylic acids is 2. The zero-order chi connectivity index (χ0) is 14.4. The molecule has 0 spiro atoms. The summed E-state index contributed by atoms with van der Waals surface area (Å²) in [5.74, 6) is -0.0731. The molecule has 2 rings (SSSR count). The van der Waals surface area contributed by atoms with Crippen LogP contribution in [0, 0.1) is 0 Å². The minimum absolute atomic E-state index is 0.0731. The predicted octanol–water partition coefficient (Wildman–Crippen LogP) is 2.80. The number of benzene rings is 2. The van der Waals surface area contributed by atoms with Crippen molar-refractivity contribution in [3.8, 4) is 0 Å². The summed E-state index contributed by atoms with van der Waals surface area (Å²) in [4.78, 5) is 21.2. The van der Waals surface area contributed by atoms with Gasteiger partial charge < -0.3 is 10.6 Å². The van der Waals surface area contributed by atoms with Crippen molar-refractivity contribution >= 4 is 23.7 Å². The first-order chi connectivity index (χ1) is 9.67. The number of nitrogens with one attached hydrogen (secondary N) is 2. The molecule has 0 radical (unpaired) electrons. The second-order valence-electron chi connectivity index (χ2n) is 4.51. The summed E-state index contributed by atoms with van der Waals surface area (Å²) in [5.41, 5.74) is 3.90. The monoisotopic (exact) mass is 268 g/mol. The Kier molecular flexibility index (Phi) is 4.50. The smallest absolute Gasteiger partial charge is 0.221 e. The second kappa shape index (κ2) is 6.52. The molecule has 0 aliphatic rings. The molecule has 0 aromatic heterocycles. The van der Waals surface area contributed by atoms with E-state index in [1.54, 1.807) is 0 Å². The first-order valence-corrected chi connectivity index (χ1v) is 6.33. The number of hydrogen-bond donors (Lipinski definition) is 2. The van der Waals surface area contributed by atoms with E-state index in [2.05, 4.69) is 10.6 Å². The number of amides is 2. The third-order valence-corrected chi connectivity index (χ3v) is 2.86. The summed E-state index contributed by atoms with van der Waals surface area (Å²) >= 11 is 0. The highest BCUT2D eigenvalue weighted by Crippen LogP contribution is 2.15. The minimum Gasteiger partial charge on any atom is -0.329 e. The van der Waals surface area contributed by atoms with Crippen LogP contribution in [-0.2, 0) is 16.0 Å². The molecule has 0 bridgehead atoms. The van der Waals surface area contributed by atoms with E-state index in [4.69, 9.17) is 0 Å². The molecule has 102 valence electrons. The van der Waals surface area contributed by atoms with Crippen molar-refractivity contribution in [3.63, 3.8) is 0 Å². The SMILES string of the molecule is CC(=O)Nc1ccc(Cc2ccc(NC=O)cc2)cc1. The molecule has 0 saturated carbocycles. The molecule has 0 heterocycles. The van der Waals surface area contributed by atoms with Crippen LogP contribution in [0.1, 0.15) is 18.1 Å². The quantitative estimate of drug-likeness (QED) is 0.819. The highest BCUT2D eigenvalue weighted by molar-refractivity contribution is 5.88. The zero-order valence-corrected chi connectivity index (χ0v) is 11.2. The Morgan fingerprint density at radius 1 is 0.950 bits per heavy atom. The van der Waals surface area contributed by atoms with Crippen LogP contribution in [0.3, 0.4) is 0 Å². The van der Waals surface area contributed by atoms with Crippen LogP contribution in [0.4, 0.5) is 11.4 Å². The molecule has 0 aliphatic heterocycles. The molecule has 0 saturated heterocycles. The Balaban J connectivity index is 2.02. The lowest BCUT2D eigenvalue weighted by Gasteiger charge is -2.06. The first-order valence-electron chi connectivity index (χ1n) is 6.33. The molecular formula is C16H16N2O2. The van der Waals surface area contributed by atoms with Crippen molar-refractivity contribution in [3.05, 3.63) is 59.7 Å². The largest absolute Gasteiger partial charge is 0.329 e. The fourth-order valence-electron chi connectivity index (χ4n) is 1.93. The summed E-state index contributed by atoms with van der Waals surface area (Å²) in [6, 6.07) is 15.5. The lowest BCUT2D eigenvalue weighted by atomic mass is 10.0. The number of carbonyl (C=O) groups is 2. The lowest BCUT2D eigenvalue weighted by Crippen LogP contribution is -2.05. The van der Waals surface area contributed by atoms with E-state index in [0.29, 0.717) is 6.41 Å². The topological polar surface area (TPSA) is 58.2 Å². The molecule has 4 heteroatoms. The van der Waals surface area contributed by atoms with Gasteiger partial charge in [0.1, 0.15) is 0 Å². The first kappa shape index (κ1) is 13.8. The third kappa shape index (κ3) is 3.95. The van der Waals surface area contributed by atoms with Gasteiger partial charge in [-0.1, -0.05) is 24.3 Å². The van der Waals surface area contributed by atoms with Crippen LogP contribution in [0.5, 0.6) is 0 Å². The van der Waals surface area contributed by atoms with E-state index in [-0.39, 0.29) is 5.91 Å². The fraction of sp³-hybridized carbons (Fsp3) is 0.125. The number of anilines is 2. The Labute approximate surface area is 117 Å². The van der Waals surface area contributed by atoms with Crippen molar-refractivity contribution in [2.75, 3.05) is 10.6 Å². The van der Waals surface area contributed by atoms with Crippen molar-refractivity contribution in [2.45, 2.75) is 13.3 Å². The summed E-state index contributed by atoms with van der Waals surface area (Å²) in [5, 5.41) is 5.34. The zero-order valence-electron chi connectivity index (χ0n) is 11.2. The van der Waals surface area contributed by atoms with Gasteiger partial charge in [0, 0.05) is 18.3 Å². The molecule has 4 nitrogen and oxygen atoms in total. The third-order valence-electron chi connectivity index (χ3n) is 2.86. The average molecular weight is 268 g/mol. The second-order valence-corrected chi connectivity index (χ2v) is 4.51. The standard InChI is InChI=1S/C16H16N2O2/c1-12(20)18-16-8-4-14(5-9-16)10-13-2-6-15(7-3-13)17-11-19/h2-9,11H,10H2,1H3,(H,17,19)(H,18,20). The molecule has 2 amide bonds. The molecule has 2 aromatic carbocycles. The number of rotatable bonds is 5. The lowest BCUT2D eigenvalue weighted by molar-refractivity contribution is -0.114. The Bertz CT molecular complexity index is 589. The number of hydrogen-bond acceptors (Lipinski definition) is 2. The van der Waals surface area contributed by atoms with Crippen molar-refractivity contribution in [1.82, 2.24) is 0 Å². The van der Waals surface area contributed by atoms with Gasteiger partial charge in [0.2, 0.25) is 12.3 Å². The van der Waals surface area contributed by atoms with Gasteiger partial charge in [-0.05, 0) is 41.8 Å². The van der Waals surface area contributed by atoms with Gasteiger partial charge in [0.05, 0.1) is 0 Å². The van der Waals surface area contributed by atoms with Crippen molar-refractivity contribution < 1.29 is 9.59 Å². The van der Waals surface area contributed by atoms with E-state index in [0.717, 1.165) is 28.9 Å². The maximum Gasteiger partial charge on any atom is 0.221 e. The summed E-state index contributed by atoms with van der Waals surface area (Å²) in [7, 11) is 0. The van der Waals surface area contributed by atoms with Crippen LogP contribution in [0.25, 0.3) is 0 Å². The molecule has 20 heavy (non-hydrogen) atoms. The minimum atomic E-state index is -0.0731. The summed E-state index contributed by atoms with van der Waals surface area (Å²) < 4.78 is 0. The van der Waals surface area contributed by atoms with Crippen molar-refractivity contribution in [1.29, 1.82) is 0 Å². The van der Waals surface area contributed by atoms with E-state index < -0.39 is 0 Å². The molecule has 2 N–H and O–H groups in total. The van der Waals surface area contributed by atoms with Gasteiger partial charge in [0.15, 0.2) is 0 Å². The molecular weight excluding hydrogens is 252 g/mol. The average Bonchev–Trinajstić information content (AvgIpc) is 2.43. The van der Waals surface area contributed by atoms with Gasteiger partial charge in [-0.25, -0.2) is 0 Å². The Morgan fingerprint density at radius 3 is 1.90 bits per heavy atom. The highest BCUT2D eigenvalue weighted by atomic mass is 16.1. The summed E-state index contributed by atoms with van der Waals surface area (Å²) in [6.45, 7) is 1.49. The van der Waals surface area contributed by atoms with Crippen LogP contribution in [0.15, 0.2) is 48.5 Å². The Hall–Kier alpha value is -2.62. The van der Waals surface area contributed by atoms with Gasteiger partial charge in [-0.3, -0.25) is 9.59 Å². The van der Waals surface area contributed by atoms with Crippen molar-refractivity contribution in [2.24, 2.45) is 0 Å². The maximum absolute atomic E-state index is 10.9. The van der Waals surface area contributed by atoms with E-state index >= 15 is 0 Å². The Morgan fingerprint density at radius 2 is 1.45 bits per heavy atom. The van der Waals surface area contributed by atoms with Gasteiger partial charge in [0.25, 0.3) is 0 Å². The molecule has 0 unspecified atom stereocenters. The van der Waals surface area contributed by atoms with Gasteiger partial charge in [-0.2, -0.15) is 0 Å². The van der Waals surface area contributed by atoms with Crippen LogP contribution in [0.2, 0.25) is 0 Å². The van der Waals surface area contributed by atoms with Crippen LogP contribution >= 0.6 is 0 Å².